The SMILES string of the molecule is Cc1ccc(=O)n(CC2CCN(c3ccc4nccnc4n3)CC2)n1. The van der Waals surface area contributed by atoms with Crippen LogP contribution in [0.25, 0.3) is 11.2 Å². The lowest BCUT2D eigenvalue weighted by molar-refractivity contribution is 0.333. The lowest BCUT2D eigenvalue weighted by Gasteiger charge is -2.32. The third-order valence-corrected chi connectivity index (χ3v) is 4.69. The predicted octanol–water partition coefficient (Wildman–Crippen LogP) is 1.81. The summed E-state index contributed by atoms with van der Waals surface area (Å²) < 4.78 is 1.60. The summed E-state index contributed by atoms with van der Waals surface area (Å²) in [6.45, 7) is 4.44. The third-order valence-electron chi connectivity index (χ3n) is 4.69. The summed E-state index contributed by atoms with van der Waals surface area (Å²) in [4.78, 5) is 27.4. The van der Waals surface area contributed by atoms with E-state index in [9.17, 15) is 4.79 Å². The van der Waals surface area contributed by atoms with E-state index in [2.05, 4.69) is 25.0 Å². The van der Waals surface area contributed by atoms with E-state index in [0.717, 1.165) is 43.0 Å². The maximum atomic E-state index is 11.9. The lowest BCUT2D eigenvalue weighted by Crippen LogP contribution is -2.37. The van der Waals surface area contributed by atoms with Gasteiger partial charge < -0.3 is 4.90 Å². The van der Waals surface area contributed by atoms with Crippen LogP contribution >= 0.6 is 0 Å². The average molecular weight is 336 g/mol. The molecule has 7 nitrogen and oxygen atoms in total. The average Bonchev–Trinajstić information content (AvgIpc) is 2.65. The van der Waals surface area contributed by atoms with E-state index in [4.69, 9.17) is 0 Å². The van der Waals surface area contributed by atoms with Gasteiger partial charge in [0.25, 0.3) is 5.56 Å². The maximum absolute atomic E-state index is 11.9. The summed E-state index contributed by atoms with van der Waals surface area (Å²) in [5.74, 6) is 1.40. The summed E-state index contributed by atoms with van der Waals surface area (Å²) >= 11 is 0. The normalized spacial score (nSPS) is 15.6. The molecule has 0 bridgehead atoms. The van der Waals surface area contributed by atoms with Crippen LogP contribution in [0.1, 0.15) is 18.5 Å². The van der Waals surface area contributed by atoms with Crippen molar-refractivity contribution in [3.05, 3.63) is 52.7 Å². The molecule has 3 aromatic heterocycles. The van der Waals surface area contributed by atoms with Crippen molar-refractivity contribution in [1.29, 1.82) is 0 Å². The zero-order valence-corrected chi connectivity index (χ0v) is 14.2. The first-order valence-electron chi connectivity index (χ1n) is 8.56. The molecule has 0 atom stereocenters. The van der Waals surface area contributed by atoms with Crippen LogP contribution in [0, 0.1) is 12.8 Å². The minimum Gasteiger partial charge on any atom is -0.357 e. The molecule has 128 valence electrons. The fourth-order valence-electron chi connectivity index (χ4n) is 3.29. The summed E-state index contributed by atoms with van der Waals surface area (Å²) in [5, 5.41) is 4.34. The second-order valence-corrected chi connectivity index (χ2v) is 6.49. The van der Waals surface area contributed by atoms with E-state index < -0.39 is 0 Å². The number of nitrogens with zero attached hydrogens (tertiary/aromatic N) is 6. The van der Waals surface area contributed by atoms with Gasteiger partial charge in [0, 0.05) is 38.1 Å². The van der Waals surface area contributed by atoms with E-state index >= 15 is 0 Å². The fraction of sp³-hybridized carbons (Fsp3) is 0.389. The molecular weight excluding hydrogens is 316 g/mol. The highest BCUT2D eigenvalue weighted by Gasteiger charge is 2.21. The molecule has 0 unspecified atom stereocenters. The number of hydrogen-bond acceptors (Lipinski definition) is 6. The summed E-state index contributed by atoms with van der Waals surface area (Å²) in [5.41, 5.74) is 2.34. The van der Waals surface area contributed by atoms with Crippen LogP contribution in [0.15, 0.2) is 41.5 Å². The lowest BCUT2D eigenvalue weighted by atomic mass is 9.97. The van der Waals surface area contributed by atoms with E-state index in [1.807, 2.05) is 19.1 Å². The van der Waals surface area contributed by atoms with Gasteiger partial charge in [-0.05, 0) is 43.9 Å². The highest BCUT2D eigenvalue weighted by atomic mass is 16.1. The Hall–Kier alpha value is -2.83. The van der Waals surface area contributed by atoms with Gasteiger partial charge in [0.1, 0.15) is 11.3 Å². The van der Waals surface area contributed by atoms with Gasteiger partial charge in [-0.25, -0.2) is 14.6 Å². The Morgan fingerprint density at radius 3 is 2.72 bits per heavy atom. The number of rotatable bonds is 3. The Balaban J connectivity index is 1.43. The minimum atomic E-state index is -0.0252. The van der Waals surface area contributed by atoms with Gasteiger partial charge in [-0.2, -0.15) is 5.10 Å². The molecule has 3 aromatic rings. The standard InChI is InChI=1S/C18H20N6O/c1-13-2-5-17(25)24(22-13)12-14-6-10-23(11-7-14)16-4-3-15-18(21-16)20-9-8-19-15/h2-5,8-9,14H,6-7,10-12H2,1H3. The topological polar surface area (TPSA) is 76.8 Å². The molecule has 0 spiro atoms. The Bertz CT molecular complexity index is 945. The maximum Gasteiger partial charge on any atom is 0.266 e. The highest BCUT2D eigenvalue weighted by molar-refractivity contribution is 5.71. The Morgan fingerprint density at radius 2 is 1.88 bits per heavy atom. The second-order valence-electron chi connectivity index (χ2n) is 6.49. The molecule has 1 saturated heterocycles. The van der Waals surface area contributed by atoms with Crippen molar-refractivity contribution in [2.75, 3.05) is 18.0 Å². The van der Waals surface area contributed by atoms with Crippen LogP contribution in [0.3, 0.4) is 0 Å². The summed E-state index contributed by atoms with van der Waals surface area (Å²) in [6.07, 6.45) is 5.37. The number of fused-ring (bicyclic) bond motifs is 1. The van der Waals surface area contributed by atoms with Gasteiger partial charge in [-0.15, -0.1) is 0 Å². The molecule has 7 heteroatoms. The first-order valence-corrected chi connectivity index (χ1v) is 8.56. The molecule has 4 heterocycles. The van der Waals surface area contributed by atoms with Gasteiger partial charge >= 0.3 is 0 Å². The van der Waals surface area contributed by atoms with Crippen molar-refractivity contribution in [1.82, 2.24) is 24.7 Å². The number of aromatic nitrogens is 5. The molecule has 0 amide bonds. The largest absolute Gasteiger partial charge is 0.357 e. The smallest absolute Gasteiger partial charge is 0.266 e. The minimum absolute atomic E-state index is 0.0252. The van der Waals surface area contributed by atoms with E-state index in [1.54, 1.807) is 29.2 Å². The van der Waals surface area contributed by atoms with Crippen LogP contribution in [0.5, 0.6) is 0 Å². The zero-order valence-electron chi connectivity index (χ0n) is 14.2. The molecule has 1 aliphatic heterocycles. The third kappa shape index (κ3) is 3.35. The van der Waals surface area contributed by atoms with E-state index in [-0.39, 0.29) is 5.56 Å². The number of hydrogen-bond donors (Lipinski definition) is 0. The Morgan fingerprint density at radius 1 is 1.08 bits per heavy atom. The highest BCUT2D eigenvalue weighted by Crippen LogP contribution is 2.23. The van der Waals surface area contributed by atoms with Gasteiger partial charge in [0.05, 0.1) is 5.69 Å². The van der Waals surface area contributed by atoms with Crippen molar-refractivity contribution in [3.63, 3.8) is 0 Å². The molecule has 4 rings (SSSR count). The quantitative estimate of drug-likeness (QED) is 0.726. The summed E-state index contributed by atoms with van der Waals surface area (Å²) in [7, 11) is 0. The van der Waals surface area contributed by atoms with E-state index in [1.165, 1.54) is 0 Å². The molecule has 0 radical (unpaired) electrons. The predicted molar refractivity (Wildman–Crippen MR) is 95.5 cm³/mol. The first kappa shape index (κ1) is 15.7. The van der Waals surface area contributed by atoms with Gasteiger partial charge in [-0.3, -0.25) is 9.78 Å². The van der Waals surface area contributed by atoms with Crippen LogP contribution in [-0.4, -0.2) is 37.8 Å². The van der Waals surface area contributed by atoms with Crippen LogP contribution in [-0.2, 0) is 6.54 Å². The van der Waals surface area contributed by atoms with Gasteiger partial charge in [-0.1, -0.05) is 0 Å². The van der Waals surface area contributed by atoms with Crippen LogP contribution < -0.4 is 10.5 Å². The molecule has 0 saturated carbocycles. The van der Waals surface area contributed by atoms with Crippen molar-refractivity contribution in [2.45, 2.75) is 26.3 Å². The molecule has 25 heavy (non-hydrogen) atoms. The van der Waals surface area contributed by atoms with Crippen molar-refractivity contribution >= 4 is 17.0 Å². The number of anilines is 1. The zero-order chi connectivity index (χ0) is 17.2. The van der Waals surface area contributed by atoms with Crippen molar-refractivity contribution < 1.29 is 0 Å². The Kier molecular flexibility index (Phi) is 4.13. The first-order chi connectivity index (χ1) is 12.2. The molecule has 0 aromatic carbocycles. The van der Waals surface area contributed by atoms with Gasteiger partial charge in [0.15, 0.2) is 5.65 Å². The molecule has 0 aliphatic carbocycles. The molecule has 1 fully saturated rings. The molecular formula is C18H20N6O. The molecule has 0 N–H and O–H groups in total. The Labute approximate surface area is 145 Å². The fourth-order valence-corrected chi connectivity index (χ4v) is 3.29. The van der Waals surface area contributed by atoms with Crippen LogP contribution in [0.4, 0.5) is 5.82 Å². The molecule has 1 aliphatic rings. The van der Waals surface area contributed by atoms with Crippen molar-refractivity contribution in [2.24, 2.45) is 5.92 Å². The number of pyridine rings is 1. The second kappa shape index (κ2) is 6.58. The van der Waals surface area contributed by atoms with Crippen LogP contribution in [0.2, 0.25) is 0 Å². The number of piperidine rings is 1. The van der Waals surface area contributed by atoms with Gasteiger partial charge in [0.2, 0.25) is 0 Å². The van der Waals surface area contributed by atoms with E-state index in [0.29, 0.717) is 18.1 Å². The number of aryl methyl sites for hydroxylation is 1. The monoisotopic (exact) mass is 336 g/mol. The van der Waals surface area contributed by atoms with Crippen molar-refractivity contribution in [3.8, 4) is 0 Å². The summed E-state index contributed by atoms with van der Waals surface area (Å²) in [6, 6.07) is 7.32.